The minimum absolute atomic E-state index is 0.103. The van der Waals surface area contributed by atoms with Crippen LogP contribution in [0.2, 0.25) is 0 Å². The predicted molar refractivity (Wildman–Crippen MR) is 50.5 cm³/mol. The number of aliphatic hydroxyl groups is 1. The van der Waals surface area contributed by atoms with Crippen molar-refractivity contribution in [3.05, 3.63) is 0 Å². The van der Waals surface area contributed by atoms with Gasteiger partial charge in [-0.25, -0.2) is 0 Å². The lowest BCUT2D eigenvalue weighted by molar-refractivity contribution is -0.918. The number of hydrogen-bond donors (Lipinski definition) is 3. The molecule has 0 amide bonds. The molecule has 0 radical (unpaired) electrons. The Kier molecular flexibility index (Phi) is 1.95. The van der Waals surface area contributed by atoms with Crippen molar-refractivity contribution in [2.24, 2.45) is 10.8 Å². The van der Waals surface area contributed by atoms with E-state index >= 15 is 0 Å². The molecular weight excluding hydrogens is 164 g/mol. The fraction of sp³-hybridized carbons (Fsp3) is 1.00. The summed E-state index contributed by atoms with van der Waals surface area (Å²) in [4.78, 5) is 1.57. The zero-order valence-electron chi connectivity index (χ0n) is 8.93. The van der Waals surface area contributed by atoms with Gasteiger partial charge < -0.3 is 15.3 Å². The van der Waals surface area contributed by atoms with Gasteiger partial charge in [0.25, 0.3) is 0 Å². The van der Waals surface area contributed by atoms with Crippen molar-refractivity contribution in [3.8, 4) is 0 Å². The Balaban J connectivity index is 2.29. The van der Waals surface area contributed by atoms with E-state index in [0.717, 1.165) is 26.2 Å². The monoisotopic (exact) mass is 186 g/mol. The Bertz CT molecular complexity index is 201. The van der Waals surface area contributed by atoms with Crippen LogP contribution in [0.1, 0.15) is 13.8 Å². The topological polar surface area (TPSA) is 41.3 Å². The van der Waals surface area contributed by atoms with Gasteiger partial charge in [-0.1, -0.05) is 0 Å². The molecule has 2 rings (SSSR count). The van der Waals surface area contributed by atoms with E-state index in [1.165, 1.54) is 0 Å². The number of fused-ring (bicyclic) bond motifs is 2. The average molecular weight is 186 g/mol. The van der Waals surface area contributed by atoms with E-state index in [1.807, 2.05) is 0 Å². The van der Waals surface area contributed by atoms with Crippen molar-refractivity contribution in [1.82, 2.24) is 0 Å². The molecule has 0 saturated carbocycles. The highest BCUT2D eigenvalue weighted by molar-refractivity contribution is 4.97. The third-order valence-corrected chi connectivity index (χ3v) is 3.95. The quantitative estimate of drug-likeness (QED) is 0.383. The Morgan fingerprint density at radius 1 is 1.23 bits per heavy atom. The summed E-state index contributed by atoms with van der Waals surface area (Å²) in [5.41, 5.74) is 0.269. The van der Waals surface area contributed by atoms with E-state index < -0.39 is 0 Å². The number of piperidine rings is 2. The highest BCUT2D eigenvalue weighted by atomic mass is 16.3. The summed E-state index contributed by atoms with van der Waals surface area (Å²) in [6.45, 7) is 8.85. The number of likely N-dealkylation sites (tertiary alicyclic amines) is 1. The van der Waals surface area contributed by atoms with Crippen LogP contribution in [-0.4, -0.2) is 44.4 Å². The molecule has 2 fully saturated rings. The second kappa shape index (κ2) is 2.69. The van der Waals surface area contributed by atoms with Gasteiger partial charge in [0.1, 0.15) is 0 Å². The van der Waals surface area contributed by atoms with Crippen LogP contribution in [0.5, 0.6) is 0 Å². The number of nitrogens with one attached hydrogen (secondary N) is 1. The Hall–Kier alpha value is -0.120. The van der Waals surface area contributed by atoms with Crippen LogP contribution < -0.4 is 10.2 Å². The minimum atomic E-state index is -0.103. The highest BCUT2D eigenvalue weighted by Gasteiger charge is 2.57. The van der Waals surface area contributed by atoms with Crippen LogP contribution in [-0.2, 0) is 0 Å². The van der Waals surface area contributed by atoms with Gasteiger partial charge in [-0.3, -0.25) is 0 Å². The van der Waals surface area contributed by atoms with E-state index in [0.29, 0.717) is 0 Å². The molecule has 4 N–H and O–H groups in total. The van der Waals surface area contributed by atoms with Gasteiger partial charge >= 0.3 is 0 Å². The second-order valence-corrected chi connectivity index (χ2v) is 5.72. The number of hydrogen-bond acceptors (Lipinski definition) is 1. The van der Waals surface area contributed by atoms with Crippen molar-refractivity contribution in [2.45, 2.75) is 20.0 Å². The molecular formula is C10H22N2O+2. The zero-order valence-corrected chi connectivity index (χ0v) is 8.93. The molecule has 2 atom stereocenters. The zero-order chi connectivity index (χ0) is 9.69. The predicted octanol–water partition coefficient (Wildman–Crippen LogP) is -2.53. The molecule has 2 saturated heterocycles. The lowest BCUT2D eigenvalue weighted by Gasteiger charge is -2.51. The fourth-order valence-corrected chi connectivity index (χ4v) is 3.58. The first-order valence-corrected chi connectivity index (χ1v) is 5.27. The van der Waals surface area contributed by atoms with Gasteiger partial charge in [-0.15, -0.1) is 0 Å². The van der Waals surface area contributed by atoms with Crippen LogP contribution in [0.4, 0.5) is 0 Å². The first-order chi connectivity index (χ1) is 5.96. The largest absolute Gasteiger partial charge is 0.391 e. The van der Waals surface area contributed by atoms with Crippen LogP contribution >= 0.6 is 0 Å². The molecule has 2 aliphatic rings. The van der Waals surface area contributed by atoms with Gasteiger partial charge in [0, 0.05) is 0 Å². The molecule has 13 heavy (non-hydrogen) atoms. The van der Waals surface area contributed by atoms with E-state index in [1.54, 1.807) is 4.90 Å². The molecule has 76 valence electrons. The SMILES string of the molecule is C[NH+]1CC2(C)C[NH2+]CC(C)(C1)C2O. The second-order valence-electron chi connectivity index (χ2n) is 5.72. The number of aliphatic hydroxyl groups excluding tert-OH is 1. The summed E-state index contributed by atoms with van der Waals surface area (Å²) >= 11 is 0. The lowest BCUT2D eigenvalue weighted by Crippen LogP contribution is -3.18. The Labute approximate surface area is 80.1 Å². The molecule has 2 heterocycles. The first-order valence-electron chi connectivity index (χ1n) is 5.27. The molecule has 3 nitrogen and oxygen atoms in total. The fourth-order valence-electron chi connectivity index (χ4n) is 3.58. The normalized spacial score (nSPS) is 56.3. The van der Waals surface area contributed by atoms with E-state index in [-0.39, 0.29) is 16.9 Å². The molecule has 0 aromatic rings. The lowest BCUT2D eigenvalue weighted by atomic mass is 9.64. The van der Waals surface area contributed by atoms with E-state index in [9.17, 15) is 5.11 Å². The summed E-state index contributed by atoms with van der Waals surface area (Å²) in [5, 5.41) is 12.7. The minimum Gasteiger partial charge on any atom is -0.391 e. The van der Waals surface area contributed by atoms with Crippen molar-refractivity contribution >= 4 is 0 Å². The van der Waals surface area contributed by atoms with Crippen LogP contribution in [0.25, 0.3) is 0 Å². The van der Waals surface area contributed by atoms with Gasteiger partial charge in [0.2, 0.25) is 0 Å². The van der Waals surface area contributed by atoms with Gasteiger partial charge in [-0.2, -0.15) is 0 Å². The number of nitrogens with two attached hydrogens (primary N) is 1. The van der Waals surface area contributed by atoms with Gasteiger partial charge in [-0.05, 0) is 13.8 Å². The molecule has 2 aliphatic heterocycles. The third-order valence-electron chi connectivity index (χ3n) is 3.95. The average Bonchev–Trinajstić information content (AvgIpc) is 1.97. The molecule has 2 bridgehead atoms. The summed E-state index contributed by atoms with van der Waals surface area (Å²) in [6.07, 6.45) is -0.103. The van der Waals surface area contributed by atoms with Crippen molar-refractivity contribution in [1.29, 1.82) is 0 Å². The molecule has 3 heteroatoms. The molecule has 0 aromatic heterocycles. The molecule has 0 aromatic carbocycles. The van der Waals surface area contributed by atoms with Crippen LogP contribution in [0.15, 0.2) is 0 Å². The third kappa shape index (κ3) is 1.30. The van der Waals surface area contributed by atoms with Crippen molar-refractivity contribution < 1.29 is 15.3 Å². The smallest absolute Gasteiger partial charge is 0.0921 e. The standard InChI is InChI=1S/C10H20N2O/c1-9-4-11-5-10(2,8(9)13)7-12(3)6-9/h8,11,13H,4-7H2,1-3H3/p+2. The Morgan fingerprint density at radius 2 is 1.69 bits per heavy atom. The molecule has 0 aliphatic carbocycles. The van der Waals surface area contributed by atoms with E-state index in [4.69, 9.17) is 0 Å². The first kappa shape index (κ1) is 9.44. The summed E-state index contributed by atoms with van der Waals surface area (Å²) < 4.78 is 0. The number of rotatable bonds is 0. The highest BCUT2D eigenvalue weighted by Crippen LogP contribution is 2.35. The maximum atomic E-state index is 10.3. The molecule has 0 spiro atoms. The summed E-state index contributed by atoms with van der Waals surface area (Å²) in [6, 6.07) is 0. The van der Waals surface area contributed by atoms with Gasteiger partial charge in [0.15, 0.2) is 0 Å². The van der Waals surface area contributed by atoms with Crippen molar-refractivity contribution in [2.75, 3.05) is 33.2 Å². The maximum absolute atomic E-state index is 10.3. The van der Waals surface area contributed by atoms with Crippen molar-refractivity contribution in [3.63, 3.8) is 0 Å². The Morgan fingerprint density at radius 3 is 2.15 bits per heavy atom. The maximum Gasteiger partial charge on any atom is 0.0921 e. The van der Waals surface area contributed by atoms with Gasteiger partial charge in [0.05, 0.1) is 50.2 Å². The summed E-state index contributed by atoms with van der Waals surface area (Å²) in [5.74, 6) is 0. The van der Waals surface area contributed by atoms with E-state index in [2.05, 4.69) is 26.2 Å². The summed E-state index contributed by atoms with van der Waals surface area (Å²) in [7, 11) is 2.24. The molecule has 2 unspecified atom stereocenters. The van der Waals surface area contributed by atoms with Crippen LogP contribution in [0.3, 0.4) is 0 Å². The number of quaternary nitrogens is 2. The van der Waals surface area contributed by atoms with Crippen LogP contribution in [0, 0.1) is 10.8 Å².